The molecule has 8 heteroatoms. The highest BCUT2D eigenvalue weighted by atomic mass is 32.2. The SMILES string of the molecule is CC(C)CCOC1CCCCC1Nc1ccc(S(C)(=O)=O)cc1S(C)(=O)=O. The van der Waals surface area contributed by atoms with Crippen molar-refractivity contribution in [2.75, 3.05) is 24.4 Å². The van der Waals surface area contributed by atoms with Gasteiger partial charge in [-0.3, -0.25) is 0 Å². The van der Waals surface area contributed by atoms with Crippen molar-refractivity contribution in [3.05, 3.63) is 18.2 Å². The van der Waals surface area contributed by atoms with Crippen LogP contribution < -0.4 is 5.32 Å². The zero-order valence-electron chi connectivity index (χ0n) is 16.6. The molecule has 27 heavy (non-hydrogen) atoms. The van der Waals surface area contributed by atoms with Crippen LogP contribution in [0.15, 0.2) is 28.0 Å². The van der Waals surface area contributed by atoms with E-state index in [1.807, 2.05) is 0 Å². The molecule has 0 amide bonds. The highest BCUT2D eigenvalue weighted by Crippen LogP contribution is 2.30. The number of benzene rings is 1. The van der Waals surface area contributed by atoms with E-state index in [2.05, 4.69) is 19.2 Å². The third-order valence-corrected chi connectivity index (χ3v) is 7.10. The summed E-state index contributed by atoms with van der Waals surface area (Å²) in [6.45, 7) is 5.00. The van der Waals surface area contributed by atoms with Crippen molar-refractivity contribution in [1.82, 2.24) is 0 Å². The molecule has 6 nitrogen and oxygen atoms in total. The Balaban J connectivity index is 2.25. The fourth-order valence-electron chi connectivity index (χ4n) is 3.28. The van der Waals surface area contributed by atoms with E-state index < -0.39 is 19.7 Å². The summed E-state index contributed by atoms with van der Waals surface area (Å²) >= 11 is 0. The van der Waals surface area contributed by atoms with Crippen LogP contribution >= 0.6 is 0 Å². The average Bonchev–Trinajstić information content (AvgIpc) is 2.54. The molecule has 1 aromatic rings. The molecule has 1 aliphatic rings. The molecule has 1 N–H and O–H groups in total. The summed E-state index contributed by atoms with van der Waals surface area (Å²) in [6, 6.07) is 4.25. The molecule has 2 atom stereocenters. The van der Waals surface area contributed by atoms with Crippen LogP contribution in [0.4, 0.5) is 5.69 Å². The lowest BCUT2D eigenvalue weighted by Gasteiger charge is -2.33. The summed E-state index contributed by atoms with van der Waals surface area (Å²) in [4.78, 5) is 0.0128. The van der Waals surface area contributed by atoms with E-state index in [1.165, 1.54) is 12.1 Å². The van der Waals surface area contributed by atoms with Crippen molar-refractivity contribution in [1.29, 1.82) is 0 Å². The molecule has 2 unspecified atom stereocenters. The lowest BCUT2D eigenvalue weighted by atomic mass is 9.92. The van der Waals surface area contributed by atoms with Crippen molar-refractivity contribution < 1.29 is 21.6 Å². The van der Waals surface area contributed by atoms with Gasteiger partial charge in [-0.2, -0.15) is 0 Å². The van der Waals surface area contributed by atoms with Crippen LogP contribution in [0.2, 0.25) is 0 Å². The third kappa shape index (κ3) is 6.47. The number of rotatable bonds is 8. The summed E-state index contributed by atoms with van der Waals surface area (Å²) < 4.78 is 54.2. The van der Waals surface area contributed by atoms with Crippen LogP contribution in [-0.4, -0.2) is 48.1 Å². The molecule has 1 aromatic carbocycles. The van der Waals surface area contributed by atoms with E-state index in [9.17, 15) is 16.8 Å². The van der Waals surface area contributed by atoms with Gasteiger partial charge in [0.15, 0.2) is 19.7 Å². The summed E-state index contributed by atoms with van der Waals surface area (Å²) in [7, 11) is -7.06. The van der Waals surface area contributed by atoms with Gasteiger partial charge in [0.2, 0.25) is 0 Å². The molecule has 1 aliphatic carbocycles. The second kappa shape index (κ2) is 8.92. The van der Waals surface area contributed by atoms with Gasteiger partial charge < -0.3 is 10.1 Å². The Bertz CT molecular complexity index is 847. The Labute approximate surface area is 163 Å². The molecular formula is C19H31NO5S2. The van der Waals surface area contributed by atoms with Crippen molar-refractivity contribution >= 4 is 25.4 Å². The Morgan fingerprint density at radius 1 is 1.07 bits per heavy atom. The Morgan fingerprint density at radius 2 is 1.74 bits per heavy atom. The molecular weight excluding hydrogens is 386 g/mol. The second-order valence-electron chi connectivity index (χ2n) is 7.83. The van der Waals surface area contributed by atoms with Gasteiger partial charge >= 0.3 is 0 Å². The van der Waals surface area contributed by atoms with Crippen molar-refractivity contribution in [2.45, 2.75) is 67.9 Å². The third-order valence-electron chi connectivity index (χ3n) is 4.85. The fourth-order valence-corrected chi connectivity index (χ4v) is 4.86. The van der Waals surface area contributed by atoms with Crippen molar-refractivity contribution in [3.8, 4) is 0 Å². The van der Waals surface area contributed by atoms with Gasteiger partial charge in [-0.25, -0.2) is 16.8 Å². The van der Waals surface area contributed by atoms with Crippen LogP contribution in [0.5, 0.6) is 0 Å². The molecule has 0 heterocycles. The number of sulfone groups is 2. The Hall–Kier alpha value is -1.12. The maximum Gasteiger partial charge on any atom is 0.177 e. The monoisotopic (exact) mass is 417 g/mol. The predicted octanol–water partition coefficient (Wildman–Crippen LogP) is 3.28. The smallest absolute Gasteiger partial charge is 0.177 e. The number of anilines is 1. The Kier molecular flexibility index (Phi) is 7.33. The quantitative estimate of drug-likeness (QED) is 0.698. The molecule has 154 valence electrons. The highest BCUT2D eigenvalue weighted by Gasteiger charge is 2.28. The molecule has 0 spiro atoms. The highest BCUT2D eigenvalue weighted by molar-refractivity contribution is 7.91. The van der Waals surface area contributed by atoms with Crippen LogP contribution in [0.3, 0.4) is 0 Å². The average molecular weight is 418 g/mol. The van der Waals surface area contributed by atoms with Crippen molar-refractivity contribution in [3.63, 3.8) is 0 Å². The summed E-state index contributed by atoms with van der Waals surface area (Å²) in [5.74, 6) is 0.570. The van der Waals surface area contributed by atoms with E-state index in [1.54, 1.807) is 6.07 Å². The van der Waals surface area contributed by atoms with Crippen LogP contribution in [0.1, 0.15) is 46.0 Å². The minimum atomic E-state index is -3.58. The molecule has 0 bridgehead atoms. The molecule has 0 aromatic heterocycles. The number of nitrogens with one attached hydrogen (secondary N) is 1. The van der Waals surface area contributed by atoms with Crippen LogP contribution in [0, 0.1) is 5.92 Å². The summed E-state index contributed by atoms with van der Waals surface area (Å²) in [6.07, 6.45) is 7.15. The molecule has 2 rings (SSSR count). The maximum absolute atomic E-state index is 12.2. The normalized spacial score (nSPS) is 21.4. The van der Waals surface area contributed by atoms with Crippen LogP contribution in [0.25, 0.3) is 0 Å². The Morgan fingerprint density at radius 3 is 2.33 bits per heavy atom. The molecule has 0 aliphatic heterocycles. The first-order valence-electron chi connectivity index (χ1n) is 9.41. The van der Waals surface area contributed by atoms with Gasteiger partial charge in [0.1, 0.15) is 0 Å². The van der Waals surface area contributed by atoms with Gasteiger partial charge in [-0.05, 0) is 43.4 Å². The fraction of sp³-hybridized carbons (Fsp3) is 0.684. The summed E-state index contributed by atoms with van der Waals surface area (Å²) in [5.41, 5.74) is 0.439. The lowest BCUT2D eigenvalue weighted by Crippen LogP contribution is -2.39. The van der Waals surface area contributed by atoms with E-state index in [-0.39, 0.29) is 21.9 Å². The minimum absolute atomic E-state index is 0.00172. The van der Waals surface area contributed by atoms with Gasteiger partial charge in [-0.1, -0.05) is 26.7 Å². The number of hydrogen-bond donors (Lipinski definition) is 1. The lowest BCUT2D eigenvalue weighted by molar-refractivity contribution is 0.0149. The second-order valence-corrected chi connectivity index (χ2v) is 11.8. The van der Waals surface area contributed by atoms with E-state index >= 15 is 0 Å². The van der Waals surface area contributed by atoms with Gasteiger partial charge in [0.05, 0.1) is 27.6 Å². The zero-order valence-corrected chi connectivity index (χ0v) is 18.2. The first kappa shape index (κ1) is 22.2. The summed E-state index contributed by atoms with van der Waals surface area (Å²) in [5, 5.41) is 3.32. The largest absolute Gasteiger partial charge is 0.379 e. The van der Waals surface area contributed by atoms with Crippen LogP contribution in [-0.2, 0) is 24.4 Å². The van der Waals surface area contributed by atoms with Crippen molar-refractivity contribution in [2.24, 2.45) is 5.92 Å². The molecule has 1 saturated carbocycles. The van der Waals surface area contributed by atoms with Gasteiger partial charge in [0, 0.05) is 19.1 Å². The van der Waals surface area contributed by atoms with E-state index in [4.69, 9.17) is 4.74 Å². The maximum atomic E-state index is 12.2. The number of ether oxygens (including phenoxy) is 1. The topological polar surface area (TPSA) is 89.5 Å². The standard InChI is InChI=1S/C19H31NO5S2/c1-14(2)11-12-25-18-8-6-5-7-16(18)20-17-10-9-15(26(3,21)22)13-19(17)27(4,23)24/h9-10,13-14,16,18,20H,5-8,11-12H2,1-4H3. The molecule has 0 saturated heterocycles. The molecule has 1 fully saturated rings. The zero-order chi connectivity index (χ0) is 20.2. The van der Waals surface area contributed by atoms with E-state index in [0.29, 0.717) is 18.2 Å². The number of hydrogen-bond acceptors (Lipinski definition) is 6. The van der Waals surface area contributed by atoms with Gasteiger partial charge in [-0.15, -0.1) is 0 Å². The first-order valence-corrected chi connectivity index (χ1v) is 13.2. The molecule has 0 radical (unpaired) electrons. The minimum Gasteiger partial charge on any atom is -0.379 e. The van der Waals surface area contributed by atoms with Gasteiger partial charge in [0.25, 0.3) is 0 Å². The van der Waals surface area contributed by atoms with E-state index in [0.717, 1.165) is 44.6 Å². The first-order chi connectivity index (χ1) is 12.5. The predicted molar refractivity (Wildman–Crippen MR) is 108 cm³/mol.